The van der Waals surface area contributed by atoms with Gasteiger partial charge in [0.2, 0.25) is 0 Å². The molecule has 6 rings (SSSR count). The van der Waals surface area contributed by atoms with Crippen LogP contribution in [0.1, 0.15) is 68.7 Å². The average Bonchev–Trinajstić information content (AvgIpc) is 3.41. The Bertz CT molecular complexity index is 1760. The topological polar surface area (TPSA) is 135 Å². The van der Waals surface area contributed by atoms with Gasteiger partial charge in [-0.25, -0.2) is 4.79 Å². The minimum Gasteiger partial charge on any atom is -0.453 e. The van der Waals surface area contributed by atoms with Crippen molar-refractivity contribution in [3.8, 4) is 0 Å². The first kappa shape index (κ1) is 32.6. The van der Waals surface area contributed by atoms with Gasteiger partial charge >= 0.3 is 11.7 Å². The lowest BCUT2D eigenvalue weighted by atomic mass is 9.89. The number of H-pyrrole nitrogens is 1. The Kier molecular flexibility index (Phi) is 9.88. The van der Waals surface area contributed by atoms with E-state index < -0.39 is 24.3 Å². The molecule has 3 aromatic carbocycles. The summed E-state index contributed by atoms with van der Waals surface area (Å²) in [7, 11) is 0. The van der Waals surface area contributed by atoms with Crippen LogP contribution >= 0.6 is 0 Å². The number of likely N-dealkylation sites (tertiary alicyclic amines) is 1. The zero-order chi connectivity index (χ0) is 33.1. The predicted molar refractivity (Wildman–Crippen MR) is 177 cm³/mol. The summed E-state index contributed by atoms with van der Waals surface area (Å²) < 4.78 is 20.2. The number of ether oxygens (including phenoxy) is 3. The number of aromatic amines is 1. The maximum atomic E-state index is 12.8. The van der Waals surface area contributed by atoms with Crippen LogP contribution in [0, 0.1) is 5.92 Å². The normalized spacial score (nSPS) is 23.0. The standard InChI is InChI=1S/C36H42N4O7/c1-22-32(20-39-17-15-29(16-18-39)40-31-10-5-4-9-30(31)38-36(40)44)46-35(47-33(22)26-13-11-25(21-41)12-14-26)27-7-6-8-28(19-27)37-34(43)23(2)45-24(3)42/h4-14,19,22-23,29,32-33,35,41H,15-18,20-21H2,1-3H3,(H,37,43)(H,38,44). The Morgan fingerprint density at radius 3 is 2.49 bits per heavy atom. The van der Waals surface area contributed by atoms with Crippen molar-refractivity contribution in [3.05, 3.63) is 100.0 Å². The second kappa shape index (κ2) is 14.2. The second-order valence-electron chi connectivity index (χ2n) is 12.5. The van der Waals surface area contributed by atoms with Crippen molar-refractivity contribution >= 4 is 28.6 Å². The Labute approximate surface area is 273 Å². The van der Waals surface area contributed by atoms with Crippen molar-refractivity contribution in [1.82, 2.24) is 14.5 Å². The van der Waals surface area contributed by atoms with Gasteiger partial charge in [0.25, 0.3) is 5.91 Å². The summed E-state index contributed by atoms with van der Waals surface area (Å²) in [6.07, 6.45) is -0.399. The quantitative estimate of drug-likeness (QED) is 0.221. The van der Waals surface area contributed by atoms with Crippen molar-refractivity contribution in [2.75, 3.05) is 25.0 Å². The molecule has 248 valence electrons. The van der Waals surface area contributed by atoms with E-state index in [1.54, 1.807) is 6.07 Å². The minimum absolute atomic E-state index is 0.00708. The zero-order valence-electron chi connectivity index (χ0n) is 26.9. The molecule has 47 heavy (non-hydrogen) atoms. The Morgan fingerprint density at radius 2 is 1.77 bits per heavy atom. The third-order valence-electron chi connectivity index (χ3n) is 9.25. The third-order valence-corrected chi connectivity index (χ3v) is 9.25. The monoisotopic (exact) mass is 642 g/mol. The Hall–Kier alpha value is -4.29. The van der Waals surface area contributed by atoms with Crippen LogP contribution in [-0.2, 0) is 30.4 Å². The van der Waals surface area contributed by atoms with Crippen LogP contribution in [0.5, 0.6) is 0 Å². The molecule has 3 N–H and O–H groups in total. The summed E-state index contributed by atoms with van der Waals surface area (Å²) in [5.41, 5.74) is 4.82. The van der Waals surface area contributed by atoms with Gasteiger partial charge in [-0.3, -0.25) is 14.2 Å². The first-order chi connectivity index (χ1) is 22.7. The summed E-state index contributed by atoms with van der Waals surface area (Å²) in [5, 5.41) is 12.4. The van der Waals surface area contributed by atoms with Crippen molar-refractivity contribution in [1.29, 1.82) is 0 Å². The summed E-state index contributed by atoms with van der Waals surface area (Å²) in [6.45, 7) is 7.23. The number of carbonyl (C=O) groups excluding carboxylic acids is 2. The second-order valence-corrected chi connectivity index (χ2v) is 12.5. The number of hydrogen-bond donors (Lipinski definition) is 3. The molecule has 0 bridgehead atoms. The number of benzene rings is 3. The first-order valence-electron chi connectivity index (χ1n) is 16.2. The summed E-state index contributed by atoms with van der Waals surface area (Å²) in [4.78, 5) is 42.2. The van der Waals surface area contributed by atoms with Crippen LogP contribution in [0.2, 0.25) is 0 Å². The molecule has 3 heterocycles. The summed E-state index contributed by atoms with van der Waals surface area (Å²) in [5.74, 6) is -0.957. The molecule has 0 aliphatic carbocycles. The number of nitrogens with zero attached hydrogens (tertiary/aromatic N) is 2. The average molecular weight is 643 g/mol. The fourth-order valence-corrected chi connectivity index (χ4v) is 6.69. The number of aliphatic hydroxyl groups is 1. The molecule has 0 spiro atoms. The van der Waals surface area contributed by atoms with E-state index in [9.17, 15) is 19.5 Å². The van der Waals surface area contributed by atoms with Gasteiger partial charge in [-0.2, -0.15) is 0 Å². The van der Waals surface area contributed by atoms with Gasteiger partial charge in [0.1, 0.15) is 0 Å². The number of fused-ring (bicyclic) bond motifs is 1. The molecular formula is C36H42N4O7. The molecule has 5 atom stereocenters. The maximum absolute atomic E-state index is 12.8. The number of para-hydroxylation sites is 2. The molecule has 1 aromatic heterocycles. The lowest BCUT2D eigenvalue weighted by Gasteiger charge is -2.44. The number of anilines is 1. The summed E-state index contributed by atoms with van der Waals surface area (Å²) >= 11 is 0. The SMILES string of the molecule is CC(=O)OC(C)C(=O)Nc1cccc(C2OC(CN3CCC(n4c(=O)[nH]c5ccccc54)CC3)C(C)C(c3ccc(CO)cc3)O2)c1. The number of aromatic nitrogens is 2. The largest absolute Gasteiger partial charge is 0.453 e. The highest BCUT2D eigenvalue weighted by molar-refractivity contribution is 5.95. The van der Waals surface area contributed by atoms with Crippen LogP contribution in [0.25, 0.3) is 11.0 Å². The van der Waals surface area contributed by atoms with Gasteiger partial charge in [0.15, 0.2) is 12.4 Å². The summed E-state index contributed by atoms with van der Waals surface area (Å²) in [6, 6.07) is 23.0. The van der Waals surface area contributed by atoms with Crippen molar-refractivity contribution in [2.24, 2.45) is 5.92 Å². The first-order valence-corrected chi connectivity index (χ1v) is 16.2. The number of imidazole rings is 1. The zero-order valence-corrected chi connectivity index (χ0v) is 26.9. The van der Waals surface area contributed by atoms with Crippen LogP contribution in [0.3, 0.4) is 0 Å². The van der Waals surface area contributed by atoms with E-state index in [1.807, 2.05) is 71.3 Å². The van der Waals surface area contributed by atoms with Gasteiger partial charge in [0.05, 0.1) is 29.8 Å². The van der Waals surface area contributed by atoms with Crippen LogP contribution in [0.15, 0.2) is 77.6 Å². The van der Waals surface area contributed by atoms with E-state index in [-0.39, 0.29) is 36.5 Å². The van der Waals surface area contributed by atoms with Gasteiger partial charge in [-0.15, -0.1) is 0 Å². The molecule has 5 unspecified atom stereocenters. The highest BCUT2D eigenvalue weighted by Gasteiger charge is 2.40. The van der Waals surface area contributed by atoms with Gasteiger partial charge < -0.3 is 34.5 Å². The van der Waals surface area contributed by atoms with Crippen molar-refractivity contribution < 1.29 is 28.9 Å². The van der Waals surface area contributed by atoms with E-state index in [1.165, 1.54) is 13.8 Å². The van der Waals surface area contributed by atoms with Gasteiger partial charge in [-0.05, 0) is 55.2 Å². The lowest BCUT2D eigenvalue weighted by molar-refractivity contribution is -0.276. The Morgan fingerprint density at radius 1 is 1.02 bits per heavy atom. The fraction of sp³-hybridized carbons (Fsp3) is 0.417. The Balaban J connectivity index is 1.19. The predicted octanol–water partition coefficient (Wildman–Crippen LogP) is 4.84. The molecule has 11 heteroatoms. The number of piperidine rings is 1. The van der Waals surface area contributed by atoms with Crippen LogP contribution in [0.4, 0.5) is 5.69 Å². The maximum Gasteiger partial charge on any atom is 0.326 e. The number of carbonyl (C=O) groups is 2. The number of aliphatic hydroxyl groups excluding tert-OH is 1. The smallest absolute Gasteiger partial charge is 0.326 e. The van der Waals surface area contributed by atoms with E-state index in [0.717, 1.165) is 53.7 Å². The molecule has 2 aliphatic rings. The molecule has 2 aliphatic heterocycles. The fourth-order valence-electron chi connectivity index (χ4n) is 6.69. The van der Waals surface area contributed by atoms with Crippen LogP contribution < -0.4 is 11.0 Å². The minimum atomic E-state index is -0.937. The number of esters is 1. The lowest BCUT2D eigenvalue weighted by Crippen LogP contribution is -2.47. The number of nitrogens with one attached hydrogen (secondary N) is 2. The number of amides is 1. The molecule has 11 nitrogen and oxygen atoms in total. The van der Waals surface area contributed by atoms with Crippen LogP contribution in [-0.4, -0.2) is 63.3 Å². The van der Waals surface area contributed by atoms with Crippen molar-refractivity contribution in [2.45, 2.75) is 70.9 Å². The molecule has 0 radical (unpaired) electrons. The molecule has 1 amide bonds. The van der Waals surface area contributed by atoms with Crippen molar-refractivity contribution in [3.63, 3.8) is 0 Å². The number of hydrogen-bond acceptors (Lipinski definition) is 8. The van der Waals surface area contributed by atoms with E-state index in [4.69, 9.17) is 14.2 Å². The molecule has 2 saturated heterocycles. The molecule has 2 fully saturated rings. The molecule has 4 aromatic rings. The van der Waals surface area contributed by atoms with Gasteiger partial charge in [-0.1, -0.05) is 55.5 Å². The molecular weight excluding hydrogens is 600 g/mol. The highest BCUT2D eigenvalue weighted by Crippen LogP contribution is 2.42. The van der Waals surface area contributed by atoms with E-state index >= 15 is 0 Å². The molecule has 0 saturated carbocycles. The highest BCUT2D eigenvalue weighted by atomic mass is 16.7. The van der Waals surface area contributed by atoms with Gasteiger partial charge in [0, 0.05) is 49.8 Å². The number of rotatable bonds is 9. The van der Waals surface area contributed by atoms with E-state index in [2.05, 4.69) is 22.1 Å². The van der Waals surface area contributed by atoms with E-state index in [0.29, 0.717) is 12.2 Å². The third kappa shape index (κ3) is 7.33.